The SMILES string of the molecule is COc1ccccc1S(=O)(=O)N1CCC(C(C)O)C1. The number of rotatable bonds is 4. The lowest BCUT2D eigenvalue weighted by Gasteiger charge is -2.19. The fourth-order valence-corrected chi connectivity index (χ4v) is 4.00. The van der Waals surface area contributed by atoms with Crippen molar-refractivity contribution in [3.63, 3.8) is 0 Å². The van der Waals surface area contributed by atoms with Crippen molar-refractivity contribution in [3.8, 4) is 5.75 Å². The highest BCUT2D eigenvalue weighted by Crippen LogP contribution is 2.30. The Hall–Kier alpha value is -1.11. The molecule has 1 N–H and O–H groups in total. The third-order valence-electron chi connectivity index (χ3n) is 3.56. The molecule has 6 heteroatoms. The van der Waals surface area contributed by atoms with Crippen LogP contribution in [-0.2, 0) is 10.0 Å². The number of hydrogen-bond acceptors (Lipinski definition) is 4. The van der Waals surface area contributed by atoms with E-state index in [1.165, 1.54) is 11.4 Å². The van der Waals surface area contributed by atoms with Gasteiger partial charge >= 0.3 is 0 Å². The van der Waals surface area contributed by atoms with Crippen LogP contribution in [0.25, 0.3) is 0 Å². The van der Waals surface area contributed by atoms with Crippen LogP contribution in [0, 0.1) is 5.92 Å². The van der Waals surface area contributed by atoms with Crippen molar-refractivity contribution in [1.29, 1.82) is 0 Å². The Labute approximate surface area is 113 Å². The summed E-state index contributed by atoms with van der Waals surface area (Å²) in [6, 6.07) is 6.59. The highest BCUT2D eigenvalue weighted by Gasteiger charge is 2.35. The van der Waals surface area contributed by atoms with Crippen molar-refractivity contribution >= 4 is 10.0 Å². The molecular weight excluding hydrogens is 266 g/mol. The second-order valence-corrected chi connectivity index (χ2v) is 6.71. The molecule has 1 fully saturated rings. The summed E-state index contributed by atoms with van der Waals surface area (Å²) in [5.74, 6) is 0.354. The lowest BCUT2D eigenvalue weighted by atomic mass is 10.0. The molecule has 1 aromatic rings. The van der Waals surface area contributed by atoms with Crippen LogP contribution in [-0.4, -0.2) is 44.1 Å². The average molecular weight is 285 g/mol. The summed E-state index contributed by atoms with van der Waals surface area (Å²) in [4.78, 5) is 0.184. The van der Waals surface area contributed by atoms with Crippen molar-refractivity contribution in [2.45, 2.75) is 24.3 Å². The first-order valence-corrected chi connectivity index (χ1v) is 7.72. The summed E-state index contributed by atoms with van der Waals surface area (Å²) in [6.07, 6.45) is 0.198. The fourth-order valence-electron chi connectivity index (χ4n) is 2.34. The van der Waals surface area contributed by atoms with Crippen LogP contribution >= 0.6 is 0 Å². The molecule has 1 heterocycles. The molecule has 1 aliphatic rings. The van der Waals surface area contributed by atoms with Gasteiger partial charge < -0.3 is 9.84 Å². The molecule has 2 rings (SSSR count). The van der Waals surface area contributed by atoms with Crippen molar-refractivity contribution in [2.24, 2.45) is 5.92 Å². The smallest absolute Gasteiger partial charge is 0.246 e. The third-order valence-corrected chi connectivity index (χ3v) is 5.46. The molecular formula is C13H19NO4S. The van der Waals surface area contributed by atoms with Crippen molar-refractivity contribution in [3.05, 3.63) is 24.3 Å². The molecule has 106 valence electrons. The topological polar surface area (TPSA) is 66.8 Å². The van der Waals surface area contributed by atoms with Crippen LogP contribution < -0.4 is 4.74 Å². The van der Waals surface area contributed by atoms with E-state index in [2.05, 4.69) is 0 Å². The van der Waals surface area contributed by atoms with E-state index in [-0.39, 0.29) is 10.8 Å². The van der Waals surface area contributed by atoms with E-state index >= 15 is 0 Å². The Morgan fingerprint density at radius 2 is 2.11 bits per heavy atom. The Morgan fingerprint density at radius 3 is 2.68 bits per heavy atom. The number of sulfonamides is 1. The van der Waals surface area contributed by atoms with Gasteiger partial charge in [0.25, 0.3) is 0 Å². The highest BCUT2D eigenvalue weighted by atomic mass is 32.2. The molecule has 0 amide bonds. The molecule has 0 aliphatic carbocycles. The second-order valence-electron chi connectivity index (χ2n) is 4.80. The van der Waals surface area contributed by atoms with E-state index in [1.54, 1.807) is 31.2 Å². The molecule has 0 bridgehead atoms. The normalized spacial score (nSPS) is 22.4. The zero-order chi connectivity index (χ0) is 14.0. The quantitative estimate of drug-likeness (QED) is 0.899. The summed E-state index contributed by atoms with van der Waals surface area (Å²) in [6.45, 7) is 2.50. The van der Waals surface area contributed by atoms with Crippen LogP contribution in [0.3, 0.4) is 0 Å². The van der Waals surface area contributed by atoms with Crippen LogP contribution in [0.15, 0.2) is 29.2 Å². The summed E-state index contributed by atoms with van der Waals surface area (Å²) in [5, 5.41) is 9.56. The maximum absolute atomic E-state index is 12.5. The van der Waals surface area contributed by atoms with Gasteiger partial charge in [0.15, 0.2) is 0 Å². The number of aliphatic hydroxyl groups is 1. The molecule has 0 spiro atoms. The van der Waals surface area contributed by atoms with Crippen LogP contribution in [0.5, 0.6) is 5.75 Å². The van der Waals surface area contributed by atoms with Gasteiger partial charge in [0, 0.05) is 13.1 Å². The molecule has 5 nitrogen and oxygen atoms in total. The maximum Gasteiger partial charge on any atom is 0.246 e. The predicted molar refractivity (Wildman–Crippen MR) is 71.5 cm³/mol. The summed E-state index contributed by atoms with van der Waals surface area (Å²) in [5.41, 5.74) is 0. The highest BCUT2D eigenvalue weighted by molar-refractivity contribution is 7.89. The first-order valence-electron chi connectivity index (χ1n) is 6.28. The standard InChI is InChI=1S/C13H19NO4S/c1-10(15)11-7-8-14(9-11)19(16,17)13-6-4-3-5-12(13)18-2/h3-6,10-11,15H,7-9H2,1-2H3. The van der Waals surface area contributed by atoms with Gasteiger partial charge in [-0.3, -0.25) is 0 Å². The molecule has 0 aromatic heterocycles. The van der Waals surface area contributed by atoms with Crippen molar-refractivity contribution < 1.29 is 18.3 Å². The number of methoxy groups -OCH3 is 1. The number of hydrogen-bond donors (Lipinski definition) is 1. The predicted octanol–water partition coefficient (Wildman–Crippen LogP) is 1.09. The van der Waals surface area contributed by atoms with Gasteiger partial charge in [-0.15, -0.1) is 0 Å². The second kappa shape index (κ2) is 5.48. The largest absolute Gasteiger partial charge is 0.495 e. The van der Waals surface area contributed by atoms with Gasteiger partial charge in [-0.25, -0.2) is 8.42 Å². The molecule has 2 atom stereocenters. The van der Waals surface area contributed by atoms with Gasteiger partial charge in [-0.1, -0.05) is 12.1 Å². The molecule has 0 radical (unpaired) electrons. The Morgan fingerprint density at radius 1 is 1.42 bits per heavy atom. The van der Waals surface area contributed by atoms with Gasteiger partial charge in [0.1, 0.15) is 10.6 Å². The molecule has 1 aromatic carbocycles. The van der Waals surface area contributed by atoms with Gasteiger partial charge in [-0.05, 0) is 31.4 Å². The van der Waals surface area contributed by atoms with Gasteiger partial charge in [0.05, 0.1) is 13.2 Å². The van der Waals surface area contributed by atoms with Crippen LogP contribution in [0.1, 0.15) is 13.3 Å². The first-order chi connectivity index (χ1) is 8.96. The lowest BCUT2D eigenvalue weighted by Crippen LogP contribution is -2.30. The fraction of sp³-hybridized carbons (Fsp3) is 0.538. The molecule has 0 saturated carbocycles. The number of benzene rings is 1. The minimum Gasteiger partial charge on any atom is -0.495 e. The molecule has 1 saturated heterocycles. The van der Waals surface area contributed by atoms with Crippen molar-refractivity contribution in [2.75, 3.05) is 20.2 Å². The molecule has 19 heavy (non-hydrogen) atoms. The summed E-state index contributed by atoms with van der Waals surface area (Å²) in [7, 11) is -2.10. The van der Waals surface area contributed by atoms with Gasteiger partial charge in [0.2, 0.25) is 10.0 Å². The molecule has 2 unspecified atom stereocenters. The number of nitrogens with zero attached hydrogens (tertiary/aromatic N) is 1. The summed E-state index contributed by atoms with van der Waals surface area (Å²) < 4.78 is 31.6. The zero-order valence-corrected chi connectivity index (χ0v) is 11.9. The van der Waals surface area contributed by atoms with E-state index in [0.717, 1.165) is 0 Å². The minimum absolute atomic E-state index is 0.00415. The van der Waals surface area contributed by atoms with E-state index < -0.39 is 16.1 Å². The van der Waals surface area contributed by atoms with Gasteiger partial charge in [-0.2, -0.15) is 4.31 Å². The van der Waals surface area contributed by atoms with E-state index in [9.17, 15) is 13.5 Å². The average Bonchev–Trinajstić information content (AvgIpc) is 2.89. The van der Waals surface area contributed by atoms with E-state index in [4.69, 9.17) is 4.74 Å². The van der Waals surface area contributed by atoms with Crippen molar-refractivity contribution in [1.82, 2.24) is 4.31 Å². The monoisotopic (exact) mass is 285 g/mol. The maximum atomic E-state index is 12.5. The number of aliphatic hydroxyl groups excluding tert-OH is 1. The minimum atomic E-state index is -3.55. The number of ether oxygens (including phenoxy) is 1. The number of para-hydroxylation sites is 1. The van der Waals surface area contributed by atoms with E-state index in [1.807, 2.05) is 0 Å². The summed E-state index contributed by atoms with van der Waals surface area (Å²) >= 11 is 0. The lowest BCUT2D eigenvalue weighted by molar-refractivity contribution is 0.133. The third kappa shape index (κ3) is 2.75. The zero-order valence-electron chi connectivity index (χ0n) is 11.1. The Kier molecular flexibility index (Phi) is 4.13. The van der Waals surface area contributed by atoms with E-state index in [0.29, 0.717) is 25.3 Å². The Balaban J connectivity index is 2.29. The first kappa shape index (κ1) is 14.3. The van der Waals surface area contributed by atoms with Crippen LogP contribution in [0.2, 0.25) is 0 Å². The molecule has 1 aliphatic heterocycles. The Bertz CT molecular complexity index is 541. The van der Waals surface area contributed by atoms with Crippen LogP contribution in [0.4, 0.5) is 0 Å².